The number of benzene rings is 8. The van der Waals surface area contributed by atoms with Crippen LogP contribution in [-0.4, -0.2) is 42.8 Å². The third kappa shape index (κ3) is 13.8. The van der Waals surface area contributed by atoms with E-state index >= 15 is 0 Å². The van der Waals surface area contributed by atoms with Gasteiger partial charge < -0.3 is 31.1 Å². The van der Waals surface area contributed by atoms with Crippen LogP contribution >= 0.6 is 23.2 Å². The van der Waals surface area contributed by atoms with E-state index in [4.69, 9.17) is 33.4 Å². The van der Waals surface area contributed by atoms with E-state index in [2.05, 4.69) is 88.1 Å². The van der Waals surface area contributed by atoms with Crippen LogP contribution in [0.5, 0.6) is 0 Å². The summed E-state index contributed by atoms with van der Waals surface area (Å²) >= 11 is 13.0. The van der Waals surface area contributed by atoms with E-state index in [1.807, 2.05) is 170 Å². The number of H-pyrrole nitrogens is 1. The molecule has 83 heavy (non-hydrogen) atoms. The molecule has 1 aliphatic heterocycles. The second kappa shape index (κ2) is 26.8. The maximum atomic E-state index is 12.6. The lowest BCUT2D eigenvalue weighted by atomic mass is 9.82. The summed E-state index contributed by atoms with van der Waals surface area (Å²) in [7, 11) is 0. The number of hydrogen-bond acceptors (Lipinski definition) is 10. The molecule has 0 saturated carbocycles. The number of carbonyl (C=O) groups is 2. The summed E-state index contributed by atoms with van der Waals surface area (Å²) in [6, 6.07) is 68.7. The van der Waals surface area contributed by atoms with Crippen molar-refractivity contribution in [1.29, 1.82) is 0 Å². The minimum atomic E-state index is -0.0929. The van der Waals surface area contributed by atoms with Gasteiger partial charge in [-0.25, -0.2) is 9.97 Å². The maximum Gasteiger partial charge on any atom is 0.209 e. The van der Waals surface area contributed by atoms with E-state index < -0.39 is 0 Å². The Balaban J connectivity index is 0.000000129. The summed E-state index contributed by atoms with van der Waals surface area (Å²) in [4.78, 5) is 50.0. The van der Waals surface area contributed by atoms with E-state index in [9.17, 15) is 14.4 Å². The van der Waals surface area contributed by atoms with Gasteiger partial charge in [0.25, 0.3) is 0 Å². The summed E-state index contributed by atoms with van der Waals surface area (Å²) in [5, 5.41) is 30.3. The van der Waals surface area contributed by atoms with Crippen molar-refractivity contribution in [3.05, 3.63) is 289 Å². The molecule has 0 spiro atoms. The number of nitrogens with zero attached hydrogens (tertiary/aromatic N) is 2. The van der Waals surface area contributed by atoms with Crippen molar-refractivity contribution in [2.75, 3.05) is 16.0 Å². The van der Waals surface area contributed by atoms with Gasteiger partial charge >= 0.3 is 0 Å². The van der Waals surface area contributed by atoms with Crippen LogP contribution in [0, 0.1) is 5.92 Å². The first-order valence-electron chi connectivity index (χ1n) is 27.2. The first-order chi connectivity index (χ1) is 40.2. The topological polar surface area (TPSA) is 169 Å². The lowest BCUT2D eigenvalue weighted by Gasteiger charge is -2.31. The molecule has 0 fully saturated rings. The molecule has 6 N–H and O–H groups in total. The SMILES string of the molecule is C/C(Nc1ccccc1)=C(\C)Nc1ccccc1.C/C(O)=C(/C)O.CC1Nc2ccccc2C(=O)C1Cc1ccccc1.Clc1c2ccccc2nc2c(Cl)c3ccccc3nc12.O=C1c2ccccc2Cc2c1[nH]c1ccccc1c2=O. The van der Waals surface area contributed by atoms with Crippen LogP contribution in [0.2, 0.25) is 10.0 Å². The highest BCUT2D eigenvalue weighted by atomic mass is 35.5. The van der Waals surface area contributed by atoms with E-state index in [0.717, 1.165) is 67.8 Å². The predicted octanol–water partition coefficient (Wildman–Crippen LogP) is 17.3. The Morgan fingerprint density at radius 2 is 0.988 bits per heavy atom. The van der Waals surface area contributed by atoms with Gasteiger partial charge in [-0.1, -0.05) is 175 Å². The van der Waals surface area contributed by atoms with Gasteiger partial charge in [-0.15, -0.1) is 0 Å². The molecule has 13 heteroatoms. The summed E-state index contributed by atoms with van der Waals surface area (Å²) in [6.07, 6.45) is 1.31. The number of Topliss-reactive ketones (excluding diaryl/α,β-unsaturated/α-hetero) is 1. The van der Waals surface area contributed by atoms with Crippen LogP contribution in [0.1, 0.15) is 77.7 Å². The number of hydrogen-bond donors (Lipinski definition) is 6. The average molecular weight is 1140 g/mol. The van der Waals surface area contributed by atoms with Gasteiger partial charge in [-0.2, -0.15) is 0 Å². The van der Waals surface area contributed by atoms with Crippen LogP contribution in [0.15, 0.2) is 240 Å². The molecule has 3 aromatic heterocycles. The minimum Gasteiger partial charge on any atom is -0.509 e. The fourth-order valence-electron chi connectivity index (χ4n) is 9.68. The predicted molar refractivity (Wildman–Crippen MR) is 341 cm³/mol. The number of aliphatic hydroxyl groups excluding tert-OH is 2. The van der Waals surface area contributed by atoms with Gasteiger partial charge in [0.05, 0.1) is 26.8 Å². The average Bonchev–Trinajstić information content (AvgIpc) is 2.95. The number of aliphatic hydroxyl groups is 2. The molecule has 13 rings (SSSR count). The van der Waals surface area contributed by atoms with Crippen molar-refractivity contribution >= 4 is 95.6 Å². The molecule has 1 aliphatic carbocycles. The number of halogens is 2. The third-order valence-corrected chi connectivity index (χ3v) is 15.1. The summed E-state index contributed by atoms with van der Waals surface area (Å²) in [6.45, 7) is 9.07. The zero-order valence-electron chi connectivity index (χ0n) is 46.5. The first kappa shape index (κ1) is 58.1. The molecule has 4 heterocycles. The van der Waals surface area contributed by atoms with E-state index in [0.29, 0.717) is 55.2 Å². The number of ketones is 2. The molecule has 8 aromatic carbocycles. The highest BCUT2D eigenvalue weighted by Crippen LogP contribution is 2.36. The number of allylic oxidation sites excluding steroid dienone is 4. The number of carbonyl (C=O) groups excluding carboxylic acids is 2. The van der Waals surface area contributed by atoms with Crippen molar-refractivity contribution in [2.45, 2.75) is 53.5 Å². The molecule has 0 amide bonds. The number of fused-ring (bicyclic) bond motifs is 7. The number of para-hydroxylation sites is 6. The second-order valence-corrected chi connectivity index (χ2v) is 20.9. The number of rotatable bonds is 6. The molecule has 2 aliphatic rings. The zero-order chi connectivity index (χ0) is 58.6. The smallest absolute Gasteiger partial charge is 0.209 e. The van der Waals surface area contributed by atoms with Crippen molar-refractivity contribution in [3.8, 4) is 0 Å². The summed E-state index contributed by atoms with van der Waals surface area (Å²) < 4.78 is 0. The summed E-state index contributed by atoms with van der Waals surface area (Å²) in [5.41, 5.74) is 13.7. The lowest BCUT2D eigenvalue weighted by molar-refractivity contribution is 0.0902. The first-order valence-corrected chi connectivity index (χ1v) is 27.9. The van der Waals surface area contributed by atoms with Crippen LogP contribution in [0.4, 0.5) is 17.1 Å². The Bertz CT molecular complexity index is 4120. The molecule has 11 nitrogen and oxygen atoms in total. The second-order valence-electron chi connectivity index (χ2n) is 20.1. The number of aromatic nitrogens is 3. The van der Waals surface area contributed by atoms with Gasteiger partial charge in [0.1, 0.15) is 22.6 Å². The monoisotopic (exact) mass is 1140 g/mol. The largest absolute Gasteiger partial charge is 0.509 e. The Morgan fingerprint density at radius 3 is 1.53 bits per heavy atom. The number of nitrogens with one attached hydrogen (secondary N) is 4. The Hall–Kier alpha value is -9.55. The van der Waals surface area contributed by atoms with Crippen LogP contribution < -0.4 is 21.4 Å². The molecule has 0 radical (unpaired) electrons. The van der Waals surface area contributed by atoms with E-state index in [1.165, 1.54) is 19.4 Å². The quantitative estimate of drug-likeness (QED) is 0.0696. The highest BCUT2D eigenvalue weighted by molar-refractivity contribution is 6.44. The van der Waals surface area contributed by atoms with Gasteiger partial charge in [0, 0.05) is 85.2 Å². The maximum absolute atomic E-state index is 12.6. The van der Waals surface area contributed by atoms with Crippen molar-refractivity contribution in [2.24, 2.45) is 5.92 Å². The van der Waals surface area contributed by atoms with Crippen LogP contribution in [0.25, 0.3) is 43.7 Å². The minimum absolute atomic E-state index is 0.0114. The van der Waals surface area contributed by atoms with Gasteiger partial charge in [0.15, 0.2) is 11.2 Å². The van der Waals surface area contributed by atoms with E-state index in [1.54, 1.807) is 6.07 Å². The molecule has 2 unspecified atom stereocenters. The van der Waals surface area contributed by atoms with Crippen molar-refractivity contribution < 1.29 is 19.8 Å². The van der Waals surface area contributed by atoms with Gasteiger partial charge in [0.2, 0.25) is 5.78 Å². The molecule has 11 aromatic rings. The van der Waals surface area contributed by atoms with Crippen molar-refractivity contribution in [1.82, 2.24) is 15.0 Å². The molecule has 416 valence electrons. The molecule has 2 atom stereocenters. The fraction of sp³-hybridized carbons (Fsp3) is 0.129. The van der Waals surface area contributed by atoms with Crippen LogP contribution in [0.3, 0.4) is 0 Å². The molecular formula is C70H62Cl2N6O5. The van der Waals surface area contributed by atoms with E-state index in [-0.39, 0.29) is 40.5 Å². The standard InChI is InChI=1S/C17H11NO2.C17H17NO.C16H8Cl2N2.C16H18N2.C4H8O2/c19-16-12-7-3-4-8-14(12)18-15-13(16)9-10-5-1-2-6-11(10)17(15)20;1-12-15(11-13-7-3-2-4-8-13)17(19)14-9-5-6-10-16(14)18-12;17-13-9-5-1-3-7-11(9)19-16-14(18)10-6-2-4-8-12(10)20-15(13)16;1-13(17-15-9-5-3-6-10-15)14(2)18-16-11-7-4-8-12-16;1-3(5)4(2)6/h1-8H,9H2,(H,18,19);2-10,12,15,18H,11H2,1H3;1-8H;3-12,17-18H,1-2H3;5-6H,1-2H3/b;;;14-13-;4-3+. The Kier molecular flexibility index (Phi) is 18.8. The van der Waals surface area contributed by atoms with Crippen molar-refractivity contribution in [3.63, 3.8) is 0 Å². The Morgan fingerprint density at radius 1 is 0.542 bits per heavy atom. The summed E-state index contributed by atoms with van der Waals surface area (Å²) in [5.74, 6) is 0.137. The number of anilines is 3. The Labute approximate surface area is 492 Å². The number of aromatic amines is 1. The lowest BCUT2D eigenvalue weighted by Crippen LogP contribution is -2.38. The zero-order valence-corrected chi connectivity index (χ0v) is 48.1. The third-order valence-electron chi connectivity index (χ3n) is 14.4. The van der Waals surface area contributed by atoms with Crippen LogP contribution in [-0.2, 0) is 12.8 Å². The number of pyridine rings is 3. The van der Waals surface area contributed by atoms with Gasteiger partial charge in [-0.05, 0) is 113 Å². The molecule has 0 bridgehead atoms. The normalized spacial score (nSPS) is 14.4. The van der Waals surface area contributed by atoms with Gasteiger partial charge in [-0.3, -0.25) is 14.4 Å². The molecular weight excluding hydrogens is 1080 g/mol. The fourth-order valence-corrected chi connectivity index (χ4v) is 10.3. The molecule has 0 saturated heterocycles. The highest BCUT2D eigenvalue weighted by Gasteiger charge is 2.32.